The van der Waals surface area contributed by atoms with Gasteiger partial charge in [-0.3, -0.25) is 9.00 Å². The highest BCUT2D eigenvalue weighted by Gasteiger charge is 2.23. The third-order valence-electron chi connectivity index (χ3n) is 4.39. The highest BCUT2D eigenvalue weighted by atomic mass is 32.2. The van der Waals surface area contributed by atoms with E-state index in [1.165, 1.54) is 28.6 Å². The van der Waals surface area contributed by atoms with Crippen LogP contribution in [0.3, 0.4) is 0 Å². The second-order valence-corrected chi connectivity index (χ2v) is 8.64. The lowest BCUT2D eigenvalue weighted by Gasteiger charge is -2.23. The molecule has 0 aliphatic rings. The molecule has 0 bridgehead atoms. The molecule has 0 unspecified atom stereocenters. The van der Waals surface area contributed by atoms with Gasteiger partial charge in [0.2, 0.25) is 0 Å². The molecule has 146 valence electrons. The van der Waals surface area contributed by atoms with Gasteiger partial charge in [0.05, 0.1) is 37.5 Å². The molecule has 0 fully saturated rings. The number of hydrogen-bond donors (Lipinski definition) is 0. The van der Waals surface area contributed by atoms with Crippen LogP contribution in [0.5, 0.6) is 0 Å². The monoisotopic (exact) mass is 416 g/mol. The largest absolute Gasteiger partial charge is 0.452 e. The van der Waals surface area contributed by atoms with Crippen molar-refractivity contribution in [3.05, 3.63) is 59.1 Å². The molecule has 0 saturated heterocycles. The summed E-state index contributed by atoms with van der Waals surface area (Å²) in [6, 6.07) is 14.0. The van der Waals surface area contributed by atoms with Crippen LogP contribution >= 0.6 is 11.3 Å². The number of likely N-dealkylation sites (N-methyl/N-ethyl adjacent to an activating group) is 1. The topological polar surface area (TPSA) is 76.6 Å². The third-order valence-corrected chi connectivity index (χ3v) is 6.57. The zero-order chi connectivity index (χ0) is 20.3. The Balaban J connectivity index is 1.65. The SMILES string of the molecule is C[C@H](c1nc2ccccc2s1)N(C)C(=O)COC(=O)c1ccccc1[S@@](C)=O. The fourth-order valence-corrected chi connectivity index (χ4v) is 4.44. The Morgan fingerprint density at radius 1 is 1.18 bits per heavy atom. The number of fused-ring (bicyclic) bond motifs is 1. The molecule has 2 aromatic carbocycles. The minimum Gasteiger partial charge on any atom is -0.452 e. The number of esters is 1. The number of para-hydroxylation sites is 1. The second-order valence-electron chi connectivity index (χ2n) is 6.23. The van der Waals surface area contributed by atoms with Crippen LogP contribution in [0.15, 0.2) is 53.4 Å². The number of hydrogen-bond acceptors (Lipinski definition) is 6. The fourth-order valence-electron chi connectivity index (χ4n) is 2.64. The molecule has 0 N–H and O–H groups in total. The zero-order valence-corrected chi connectivity index (χ0v) is 17.4. The van der Waals surface area contributed by atoms with Crippen LogP contribution in [-0.2, 0) is 20.3 Å². The smallest absolute Gasteiger partial charge is 0.339 e. The molecule has 6 nitrogen and oxygen atoms in total. The minimum atomic E-state index is -1.33. The van der Waals surface area contributed by atoms with E-state index < -0.39 is 23.4 Å². The second kappa shape index (κ2) is 8.62. The van der Waals surface area contributed by atoms with Gasteiger partial charge in [-0.2, -0.15) is 0 Å². The number of carbonyl (C=O) groups is 2. The van der Waals surface area contributed by atoms with E-state index >= 15 is 0 Å². The molecule has 8 heteroatoms. The number of aromatic nitrogens is 1. The van der Waals surface area contributed by atoms with E-state index in [1.54, 1.807) is 25.2 Å². The molecular weight excluding hydrogens is 396 g/mol. The lowest BCUT2D eigenvalue weighted by Crippen LogP contribution is -2.33. The number of rotatable bonds is 6. The molecule has 3 aromatic rings. The first-order valence-electron chi connectivity index (χ1n) is 8.59. The summed E-state index contributed by atoms with van der Waals surface area (Å²) in [4.78, 5) is 31.3. The molecule has 0 saturated carbocycles. The fraction of sp³-hybridized carbons (Fsp3) is 0.250. The predicted octanol–water partition coefficient (Wildman–Crippen LogP) is 3.41. The van der Waals surface area contributed by atoms with Crippen molar-refractivity contribution in [3.63, 3.8) is 0 Å². The summed E-state index contributed by atoms with van der Waals surface area (Å²) in [5.41, 5.74) is 1.10. The Morgan fingerprint density at radius 3 is 2.57 bits per heavy atom. The Hall–Kier alpha value is -2.58. The normalized spacial score (nSPS) is 13.1. The summed E-state index contributed by atoms with van der Waals surface area (Å²) in [5.74, 6) is -1.00. The van der Waals surface area contributed by atoms with Gasteiger partial charge in [-0.15, -0.1) is 11.3 Å². The number of amides is 1. The molecule has 28 heavy (non-hydrogen) atoms. The first-order chi connectivity index (χ1) is 13.4. The van der Waals surface area contributed by atoms with E-state index in [1.807, 2.05) is 31.2 Å². The number of ether oxygens (including phenoxy) is 1. The average Bonchev–Trinajstić information content (AvgIpc) is 3.14. The zero-order valence-electron chi connectivity index (χ0n) is 15.7. The predicted molar refractivity (Wildman–Crippen MR) is 110 cm³/mol. The minimum absolute atomic E-state index is 0.206. The molecule has 1 aromatic heterocycles. The van der Waals surface area contributed by atoms with Gasteiger partial charge in [0.1, 0.15) is 5.01 Å². The van der Waals surface area contributed by atoms with Crippen LogP contribution in [0, 0.1) is 0 Å². The van der Waals surface area contributed by atoms with Crippen molar-refractivity contribution in [3.8, 4) is 0 Å². The molecule has 0 aliphatic heterocycles. The Kier molecular flexibility index (Phi) is 6.21. The van der Waals surface area contributed by atoms with E-state index in [4.69, 9.17) is 4.74 Å². The number of carbonyl (C=O) groups excluding carboxylic acids is 2. The molecule has 0 aliphatic carbocycles. The summed E-state index contributed by atoms with van der Waals surface area (Å²) in [6.45, 7) is 1.49. The molecule has 1 amide bonds. The molecule has 3 rings (SSSR count). The van der Waals surface area contributed by atoms with Crippen molar-refractivity contribution in [2.45, 2.75) is 17.9 Å². The quantitative estimate of drug-likeness (QED) is 0.576. The van der Waals surface area contributed by atoms with Crippen molar-refractivity contribution >= 4 is 44.2 Å². The van der Waals surface area contributed by atoms with Gasteiger partial charge < -0.3 is 9.64 Å². The van der Waals surface area contributed by atoms with E-state index in [0.717, 1.165) is 15.2 Å². The van der Waals surface area contributed by atoms with Gasteiger partial charge in [-0.25, -0.2) is 9.78 Å². The van der Waals surface area contributed by atoms with Crippen LogP contribution in [0.1, 0.15) is 28.3 Å². The van der Waals surface area contributed by atoms with E-state index in [0.29, 0.717) is 4.90 Å². The van der Waals surface area contributed by atoms with Crippen molar-refractivity contribution in [2.24, 2.45) is 0 Å². The average molecular weight is 417 g/mol. The summed E-state index contributed by atoms with van der Waals surface area (Å²) < 4.78 is 18.0. The number of thiazole rings is 1. The lowest BCUT2D eigenvalue weighted by atomic mass is 10.2. The first kappa shape index (κ1) is 20.2. The van der Waals surface area contributed by atoms with Crippen LogP contribution in [-0.4, -0.2) is 45.9 Å². The van der Waals surface area contributed by atoms with Gasteiger partial charge in [0.15, 0.2) is 6.61 Å². The molecular formula is C20H20N2O4S2. The van der Waals surface area contributed by atoms with E-state index in [9.17, 15) is 13.8 Å². The maximum Gasteiger partial charge on any atom is 0.339 e. The van der Waals surface area contributed by atoms with Crippen molar-refractivity contribution in [1.29, 1.82) is 0 Å². The highest BCUT2D eigenvalue weighted by Crippen LogP contribution is 2.28. The number of nitrogens with zero attached hydrogens (tertiary/aromatic N) is 2. The van der Waals surface area contributed by atoms with Gasteiger partial charge >= 0.3 is 5.97 Å². The summed E-state index contributed by atoms with van der Waals surface area (Å²) in [5, 5.41) is 0.815. The Labute approximate surface area is 169 Å². The molecule has 2 atom stereocenters. The summed E-state index contributed by atoms with van der Waals surface area (Å²) in [6.07, 6.45) is 1.49. The van der Waals surface area contributed by atoms with E-state index in [2.05, 4.69) is 4.98 Å². The third kappa shape index (κ3) is 4.28. The Morgan fingerprint density at radius 2 is 1.86 bits per heavy atom. The highest BCUT2D eigenvalue weighted by molar-refractivity contribution is 7.84. The van der Waals surface area contributed by atoms with Crippen molar-refractivity contribution in [1.82, 2.24) is 9.88 Å². The van der Waals surface area contributed by atoms with Gasteiger partial charge in [-0.1, -0.05) is 24.3 Å². The Bertz CT molecular complexity index is 1010. The maximum absolute atomic E-state index is 12.5. The van der Waals surface area contributed by atoms with Gasteiger partial charge in [-0.05, 0) is 31.2 Å². The summed E-state index contributed by atoms with van der Waals surface area (Å²) >= 11 is 1.53. The first-order valence-corrected chi connectivity index (χ1v) is 11.0. The van der Waals surface area contributed by atoms with Crippen LogP contribution in [0.4, 0.5) is 0 Å². The molecule has 0 spiro atoms. The van der Waals surface area contributed by atoms with Crippen LogP contribution < -0.4 is 0 Å². The molecule has 0 radical (unpaired) electrons. The van der Waals surface area contributed by atoms with Crippen molar-refractivity contribution in [2.75, 3.05) is 19.9 Å². The van der Waals surface area contributed by atoms with Crippen molar-refractivity contribution < 1.29 is 18.5 Å². The van der Waals surface area contributed by atoms with Gasteiger partial charge in [0, 0.05) is 13.3 Å². The van der Waals surface area contributed by atoms with E-state index in [-0.39, 0.29) is 17.5 Å². The standard InChI is InChI=1S/C20H20N2O4S2/c1-13(19-21-15-9-5-6-10-16(15)27-19)22(2)18(23)12-26-20(24)14-8-4-7-11-17(14)28(3)25/h4-11,13H,12H2,1-3H3/t13-,28-/m1/s1. The van der Waals surface area contributed by atoms with Crippen LogP contribution in [0.25, 0.3) is 10.2 Å². The number of benzene rings is 2. The lowest BCUT2D eigenvalue weighted by molar-refractivity contribution is -0.135. The molecule has 1 heterocycles. The summed E-state index contributed by atoms with van der Waals surface area (Å²) in [7, 11) is 0.327. The van der Waals surface area contributed by atoms with Crippen LogP contribution in [0.2, 0.25) is 0 Å². The maximum atomic E-state index is 12.5. The van der Waals surface area contributed by atoms with Gasteiger partial charge in [0.25, 0.3) is 5.91 Å².